The molecule has 2 saturated carbocycles. The predicted octanol–water partition coefficient (Wildman–Crippen LogP) is 2.26. The van der Waals surface area contributed by atoms with E-state index in [0.29, 0.717) is 6.04 Å². The highest BCUT2D eigenvalue weighted by Gasteiger charge is 2.37. The molecular formula is C17H30N2O3. The van der Waals surface area contributed by atoms with Crippen LogP contribution in [-0.4, -0.2) is 47.1 Å². The molecule has 2 aliphatic rings. The number of nitrogens with zero attached hydrogens (tertiary/aromatic N) is 1. The normalized spacial score (nSPS) is 30.6. The van der Waals surface area contributed by atoms with E-state index in [-0.39, 0.29) is 29.8 Å². The van der Waals surface area contributed by atoms with Crippen LogP contribution >= 0.6 is 0 Å². The summed E-state index contributed by atoms with van der Waals surface area (Å²) in [6.45, 7) is 7.32. The Hall–Kier alpha value is -1.10. The summed E-state index contributed by atoms with van der Waals surface area (Å²) in [6, 6.07) is 0.527. The molecule has 1 unspecified atom stereocenters. The molecule has 0 heterocycles. The van der Waals surface area contributed by atoms with Crippen molar-refractivity contribution in [2.24, 2.45) is 11.3 Å². The third-order valence-electron chi connectivity index (χ3n) is 5.30. The summed E-state index contributed by atoms with van der Waals surface area (Å²) in [5.74, 6) is -0.416. The number of rotatable bonds is 6. The largest absolute Gasteiger partial charge is 0.480 e. The molecule has 126 valence electrons. The van der Waals surface area contributed by atoms with Gasteiger partial charge in [0, 0.05) is 18.0 Å². The maximum atomic E-state index is 12.4. The van der Waals surface area contributed by atoms with Crippen molar-refractivity contribution in [2.75, 3.05) is 13.1 Å². The molecule has 1 amide bonds. The van der Waals surface area contributed by atoms with Crippen molar-refractivity contribution < 1.29 is 14.7 Å². The lowest BCUT2D eigenvalue weighted by Gasteiger charge is -2.43. The molecule has 5 heteroatoms. The van der Waals surface area contributed by atoms with Crippen molar-refractivity contribution in [3.8, 4) is 0 Å². The van der Waals surface area contributed by atoms with Crippen LogP contribution < -0.4 is 5.32 Å². The second-order valence-corrected chi connectivity index (χ2v) is 7.75. The smallest absolute Gasteiger partial charge is 0.317 e. The molecule has 2 rings (SSSR count). The molecule has 0 spiro atoms. The van der Waals surface area contributed by atoms with E-state index in [0.717, 1.165) is 38.6 Å². The predicted molar refractivity (Wildman–Crippen MR) is 85.6 cm³/mol. The second-order valence-electron chi connectivity index (χ2n) is 7.75. The van der Waals surface area contributed by atoms with Gasteiger partial charge in [0.05, 0.1) is 6.54 Å². The zero-order valence-corrected chi connectivity index (χ0v) is 14.1. The van der Waals surface area contributed by atoms with Crippen molar-refractivity contribution in [1.82, 2.24) is 10.2 Å². The van der Waals surface area contributed by atoms with E-state index in [1.54, 1.807) is 0 Å². The first-order chi connectivity index (χ1) is 10.3. The summed E-state index contributed by atoms with van der Waals surface area (Å²) in [5, 5.41) is 12.1. The fourth-order valence-electron chi connectivity index (χ4n) is 3.92. The lowest BCUT2D eigenvalue weighted by atomic mass is 9.72. The zero-order chi connectivity index (χ0) is 16.3. The zero-order valence-electron chi connectivity index (χ0n) is 14.1. The average Bonchev–Trinajstić information content (AvgIpc) is 2.38. The molecular weight excluding hydrogens is 280 g/mol. The first-order valence-corrected chi connectivity index (χ1v) is 8.57. The Balaban J connectivity index is 1.75. The first kappa shape index (κ1) is 17.3. The number of aliphatic carboxylic acids is 1. The van der Waals surface area contributed by atoms with Gasteiger partial charge in [-0.15, -0.1) is 0 Å². The topological polar surface area (TPSA) is 69.6 Å². The van der Waals surface area contributed by atoms with Gasteiger partial charge in [-0.1, -0.05) is 27.2 Å². The number of carboxylic acids is 1. The molecule has 0 aromatic heterocycles. The highest BCUT2D eigenvalue weighted by Crippen LogP contribution is 2.39. The number of likely N-dealkylation sites (N-methyl/N-ethyl adjacent to an activating group) is 1. The molecule has 1 atom stereocenters. The van der Waals surface area contributed by atoms with Gasteiger partial charge in [0.2, 0.25) is 5.91 Å². The van der Waals surface area contributed by atoms with Crippen LogP contribution in [0.25, 0.3) is 0 Å². The van der Waals surface area contributed by atoms with Crippen LogP contribution in [0.1, 0.15) is 59.3 Å². The molecule has 0 saturated heterocycles. The highest BCUT2D eigenvalue weighted by molar-refractivity contribution is 5.79. The summed E-state index contributed by atoms with van der Waals surface area (Å²) >= 11 is 0. The Bertz CT molecular complexity index is 416. The average molecular weight is 310 g/mol. The van der Waals surface area contributed by atoms with Crippen LogP contribution in [0.2, 0.25) is 0 Å². The van der Waals surface area contributed by atoms with E-state index in [1.807, 2.05) is 11.8 Å². The fraction of sp³-hybridized carbons (Fsp3) is 0.882. The summed E-state index contributed by atoms with van der Waals surface area (Å²) < 4.78 is 0. The summed E-state index contributed by atoms with van der Waals surface area (Å²) in [4.78, 5) is 25.2. The number of hydrogen-bond acceptors (Lipinski definition) is 3. The van der Waals surface area contributed by atoms with E-state index >= 15 is 0 Å². The van der Waals surface area contributed by atoms with Crippen molar-refractivity contribution in [3.05, 3.63) is 0 Å². The number of carbonyl (C=O) groups is 2. The quantitative estimate of drug-likeness (QED) is 0.789. The van der Waals surface area contributed by atoms with Crippen LogP contribution in [-0.2, 0) is 9.59 Å². The lowest BCUT2D eigenvalue weighted by molar-refractivity contribution is -0.140. The van der Waals surface area contributed by atoms with E-state index in [1.165, 1.54) is 6.42 Å². The van der Waals surface area contributed by atoms with Gasteiger partial charge < -0.3 is 10.4 Å². The third-order valence-corrected chi connectivity index (χ3v) is 5.30. The molecule has 0 aromatic rings. The van der Waals surface area contributed by atoms with Gasteiger partial charge in [0.15, 0.2) is 0 Å². The molecule has 2 aliphatic carbocycles. The number of hydrogen-bond donors (Lipinski definition) is 2. The van der Waals surface area contributed by atoms with Crippen molar-refractivity contribution in [2.45, 2.75) is 71.4 Å². The molecule has 0 bridgehead atoms. The third kappa shape index (κ3) is 4.45. The van der Waals surface area contributed by atoms with Gasteiger partial charge in [-0.3, -0.25) is 14.5 Å². The summed E-state index contributed by atoms with van der Waals surface area (Å²) in [5.41, 5.74) is 0.281. The molecule has 5 nitrogen and oxygen atoms in total. The van der Waals surface area contributed by atoms with E-state index in [2.05, 4.69) is 19.2 Å². The standard InChI is InChI=1S/C17H30N2O3/c1-4-19(11-15(20)21)14-8-13(9-14)18-16(22)12-6-5-7-17(2,3)10-12/h12-14H,4-11H2,1-3H3,(H,18,22)(H,20,21). The van der Waals surface area contributed by atoms with Crippen molar-refractivity contribution >= 4 is 11.9 Å². The number of carbonyl (C=O) groups excluding carboxylic acids is 1. The number of amides is 1. The molecule has 22 heavy (non-hydrogen) atoms. The SMILES string of the molecule is CCN(CC(=O)O)C1CC(NC(=O)C2CCCC(C)(C)C2)C1. The maximum absolute atomic E-state index is 12.4. The number of carboxylic acid groups (broad SMARTS) is 1. The van der Waals surface area contributed by atoms with Crippen LogP contribution in [0.15, 0.2) is 0 Å². The minimum atomic E-state index is -0.779. The number of nitrogens with one attached hydrogen (secondary N) is 1. The molecule has 0 aromatic carbocycles. The monoisotopic (exact) mass is 310 g/mol. The van der Waals surface area contributed by atoms with E-state index < -0.39 is 5.97 Å². The van der Waals surface area contributed by atoms with Crippen LogP contribution in [0.5, 0.6) is 0 Å². The molecule has 0 aliphatic heterocycles. The lowest BCUT2D eigenvalue weighted by Crippen LogP contribution is -2.55. The molecule has 2 fully saturated rings. The second kappa shape index (κ2) is 6.99. The Morgan fingerprint density at radius 3 is 2.55 bits per heavy atom. The van der Waals surface area contributed by atoms with Crippen LogP contribution in [0.3, 0.4) is 0 Å². The fourth-order valence-corrected chi connectivity index (χ4v) is 3.92. The minimum Gasteiger partial charge on any atom is -0.480 e. The first-order valence-electron chi connectivity index (χ1n) is 8.57. The van der Waals surface area contributed by atoms with E-state index in [9.17, 15) is 9.59 Å². The van der Waals surface area contributed by atoms with Gasteiger partial charge in [0.1, 0.15) is 0 Å². The maximum Gasteiger partial charge on any atom is 0.317 e. The summed E-state index contributed by atoms with van der Waals surface area (Å²) in [7, 11) is 0. The molecule has 2 N–H and O–H groups in total. The Labute approximate surface area is 133 Å². The van der Waals surface area contributed by atoms with Crippen molar-refractivity contribution in [1.29, 1.82) is 0 Å². The Morgan fingerprint density at radius 2 is 2.00 bits per heavy atom. The van der Waals surface area contributed by atoms with Gasteiger partial charge >= 0.3 is 5.97 Å². The van der Waals surface area contributed by atoms with Gasteiger partial charge in [-0.2, -0.15) is 0 Å². The van der Waals surface area contributed by atoms with Gasteiger partial charge in [-0.25, -0.2) is 0 Å². The highest BCUT2D eigenvalue weighted by atomic mass is 16.4. The Kier molecular flexibility index (Phi) is 5.48. The molecule has 0 radical (unpaired) electrons. The van der Waals surface area contributed by atoms with E-state index in [4.69, 9.17) is 5.11 Å². The Morgan fingerprint density at radius 1 is 1.32 bits per heavy atom. The summed E-state index contributed by atoms with van der Waals surface area (Å²) in [6.07, 6.45) is 6.09. The van der Waals surface area contributed by atoms with Crippen molar-refractivity contribution in [3.63, 3.8) is 0 Å². The van der Waals surface area contributed by atoms with Gasteiger partial charge in [0.25, 0.3) is 0 Å². The van der Waals surface area contributed by atoms with Gasteiger partial charge in [-0.05, 0) is 44.1 Å². The van der Waals surface area contributed by atoms with Crippen LogP contribution in [0, 0.1) is 11.3 Å². The van der Waals surface area contributed by atoms with Crippen LogP contribution in [0.4, 0.5) is 0 Å². The minimum absolute atomic E-state index is 0.0959.